The number of anilines is 1. The summed E-state index contributed by atoms with van der Waals surface area (Å²) in [5.74, 6) is 0.682. The van der Waals surface area contributed by atoms with E-state index in [2.05, 4.69) is 29.2 Å². The van der Waals surface area contributed by atoms with Gasteiger partial charge in [-0.25, -0.2) is 4.98 Å². The van der Waals surface area contributed by atoms with Gasteiger partial charge in [0.1, 0.15) is 0 Å². The van der Waals surface area contributed by atoms with Gasteiger partial charge in [-0.15, -0.1) is 11.8 Å². The normalized spacial score (nSPS) is 11.2. The van der Waals surface area contributed by atoms with E-state index < -0.39 is 4.92 Å². The average Bonchev–Trinajstić information content (AvgIpc) is 3.12. The third-order valence-corrected chi connectivity index (χ3v) is 6.53. The van der Waals surface area contributed by atoms with E-state index in [9.17, 15) is 14.9 Å². The lowest BCUT2D eigenvalue weighted by molar-refractivity contribution is -0.384. The van der Waals surface area contributed by atoms with Crippen LogP contribution >= 0.6 is 23.1 Å². The second kappa shape index (κ2) is 10.0. The Morgan fingerprint density at radius 1 is 1.17 bits per heavy atom. The summed E-state index contributed by atoms with van der Waals surface area (Å²) < 4.78 is 0.705. The molecule has 1 aromatic heterocycles. The number of thioether (sulfide) groups is 1. The van der Waals surface area contributed by atoms with Crippen LogP contribution in [-0.2, 0) is 4.79 Å². The molecule has 9 heteroatoms. The molecule has 0 saturated heterocycles. The van der Waals surface area contributed by atoms with E-state index in [0.717, 1.165) is 4.90 Å². The molecule has 1 amide bonds. The van der Waals surface area contributed by atoms with Crippen molar-refractivity contribution in [3.8, 4) is 0 Å². The highest BCUT2D eigenvalue weighted by atomic mass is 32.2. The zero-order valence-corrected chi connectivity index (χ0v) is 18.8. The van der Waals surface area contributed by atoms with Crippen molar-refractivity contribution in [2.45, 2.75) is 18.2 Å². The Hall–Kier alpha value is -2.49. The predicted molar refractivity (Wildman–Crippen MR) is 124 cm³/mol. The van der Waals surface area contributed by atoms with Gasteiger partial charge in [0.2, 0.25) is 5.91 Å². The number of hydrogen-bond donors (Lipinski definition) is 0. The van der Waals surface area contributed by atoms with Crippen LogP contribution in [0.3, 0.4) is 0 Å². The van der Waals surface area contributed by atoms with Gasteiger partial charge < -0.3 is 4.90 Å². The van der Waals surface area contributed by atoms with Crippen LogP contribution in [0.2, 0.25) is 0 Å². The lowest BCUT2D eigenvalue weighted by Gasteiger charge is -2.22. The van der Waals surface area contributed by atoms with E-state index in [-0.39, 0.29) is 11.6 Å². The fourth-order valence-corrected chi connectivity index (χ4v) is 4.67. The van der Waals surface area contributed by atoms with Gasteiger partial charge >= 0.3 is 0 Å². The van der Waals surface area contributed by atoms with Gasteiger partial charge in [-0.1, -0.05) is 29.0 Å². The van der Waals surface area contributed by atoms with Crippen LogP contribution in [-0.4, -0.2) is 53.7 Å². The molecule has 0 aliphatic heterocycles. The van der Waals surface area contributed by atoms with E-state index in [4.69, 9.17) is 0 Å². The number of non-ortho nitro benzene ring substituents is 1. The molecule has 7 nitrogen and oxygen atoms in total. The van der Waals surface area contributed by atoms with Crippen LogP contribution in [0.25, 0.3) is 10.2 Å². The number of amides is 1. The third kappa shape index (κ3) is 5.78. The Labute approximate surface area is 183 Å². The Kier molecular flexibility index (Phi) is 7.41. The quantitative estimate of drug-likeness (QED) is 0.273. The first-order valence-corrected chi connectivity index (χ1v) is 11.3. The molecule has 1 heterocycles. The maximum atomic E-state index is 13.0. The van der Waals surface area contributed by atoms with E-state index in [1.165, 1.54) is 29.0 Å². The summed E-state index contributed by atoms with van der Waals surface area (Å²) in [4.78, 5) is 33.0. The van der Waals surface area contributed by atoms with Crippen molar-refractivity contribution >= 4 is 50.0 Å². The number of aryl methyl sites for hydroxylation is 1. The summed E-state index contributed by atoms with van der Waals surface area (Å²) in [6.07, 6.45) is 0.391. The molecule has 0 fully saturated rings. The van der Waals surface area contributed by atoms with E-state index in [1.807, 2.05) is 25.9 Å². The maximum Gasteiger partial charge on any atom is 0.270 e. The molecule has 3 aromatic rings. The van der Waals surface area contributed by atoms with Gasteiger partial charge in [-0.05, 0) is 39.2 Å². The van der Waals surface area contributed by atoms with Crippen molar-refractivity contribution in [3.05, 3.63) is 58.1 Å². The van der Waals surface area contributed by atoms with Crippen LogP contribution in [0.15, 0.2) is 47.4 Å². The average molecular weight is 445 g/mol. The Morgan fingerprint density at radius 3 is 2.57 bits per heavy atom. The van der Waals surface area contributed by atoms with Crippen LogP contribution in [0.4, 0.5) is 10.8 Å². The SMILES string of the molecule is Cc1ccc(SCCC(=O)N(CCN(C)C)c2nc3ccc([N+](=O)[O-])cc3s2)cc1. The highest BCUT2D eigenvalue weighted by Crippen LogP contribution is 2.32. The molecular formula is C21H24N4O3S2. The van der Waals surface area contributed by atoms with Crippen LogP contribution in [0, 0.1) is 17.0 Å². The maximum absolute atomic E-state index is 13.0. The molecule has 0 aliphatic rings. The minimum Gasteiger partial charge on any atom is -0.308 e. The number of nitrogens with zero attached hydrogens (tertiary/aromatic N) is 4. The van der Waals surface area contributed by atoms with Crippen molar-refractivity contribution in [2.24, 2.45) is 0 Å². The van der Waals surface area contributed by atoms with Gasteiger partial charge in [0.15, 0.2) is 5.13 Å². The molecule has 0 spiro atoms. The van der Waals surface area contributed by atoms with Gasteiger partial charge in [0.25, 0.3) is 5.69 Å². The summed E-state index contributed by atoms with van der Waals surface area (Å²) in [6, 6.07) is 12.8. The second-order valence-electron chi connectivity index (χ2n) is 7.17. The number of carbonyl (C=O) groups excluding carboxylic acids is 1. The molecule has 0 unspecified atom stereocenters. The summed E-state index contributed by atoms with van der Waals surface area (Å²) in [5.41, 5.74) is 1.90. The van der Waals surface area contributed by atoms with Crippen LogP contribution in [0.5, 0.6) is 0 Å². The topological polar surface area (TPSA) is 79.6 Å². The molecule has 0 bridgehead atoms. The Bertz CT molecular complexity index is 1030. The number of likely N-dealkylation sites (N-methyl/N-ethyl adjacent to an activating group) is 1. The van der Waals surface area contributed by atoms with E-state index in [1.54, 1.807) is 22.7 Å². The molecule has 0 aliphatic carbocycles. The molecule has 0 radical (unpaired) electrons. The van der Waals surface area contributed by atoms with E-state index in [0.29, 0.717) is 40.6 Å². The van der Waals surface area contributed by atoms with Crippen molar-refractivity contribution in [3.63, 3.8) is 0 Å². The molecule has 0 atom stereocenters. The fourth-order valence-electron chi connectivity index (χ4n) is 2.78. The number of hydrogen-bond acceptors (Lipinski definition) is 7. The second-order valence-corrected chi connectivity index (χ2v) is 9.34. The minimum absolute atomic E-state index is 0.00465. The number of fused-ring (bicyclic) bond motifs is 1. The Morgan fingerprint density at radius 2 is 1.90 bits per heavy atom. The first kappa shape index (κ1) is 22.2. The number of aromatic nitrogens is 1. The highest BCUT2D eigenvalue weighted by molar-refractivity contribution is 7.99. The number of carbonyl (C=O) groups is 1. The minimum atomic E-state index is -0.421. The number of nitro benzene ring substituents is 1. The van der Waals surface area contributed by atoms with Crippen molar-refractivity contribution < 1.29 is 9.72 Å². The first-order valence-electron chi connectivity index (χ1n) is 9.53. The van der Waals surface area contributed by atoms with Gasteiger partial charge in [0, 0.05) is 42.3 Å². The van der Waals surface area contributed by atoms with Gasteiger partial charge in [-0.3, -0.25) is 19.8 Å². The molecule has 2 aromatic carbocycles. The fraction of sp³-hybridized carbons (Fsp3) is 0.333. The third-order valence-electron chi connectivity index (χ3n) is 4.48. The standard InChI is InChI=1S/C21H24N4O3S2/c1-15-4-7-17(8-5-15)29-13-10-20(26)24(12-11-23(2)3)21-22-18-9-6-16(25(27)28)14-19(18)30-21/h4-9,14H,10-13H2,1-3H3. The number of rotatable bonds is 9. The summed E-state index contributed by atoms with van der Waals surface area (Å²) in [7, 11) is 3.91. The molecule has 0 N–H and O–H groups in total. The van der Waals surface area contributed by atoms with Gasteiger partial charge in [-0.2, -0.15) is 0 Å². The predicted octanol–water partition coefficient (Wildman–Crippen LogP) is 4.59. The summed E-state index contributed by atoms with van der Waals surface area (Å²) >= 11 is 2.97. The number of benzene rings is 2. The first-order chi connectivity index (χ1) is 14.3. The molecule has 30 heavy (non-hydrogen) atoms. The number of nitro groups is 1. The van der Waals surface area contributed by atoms with E-state index >= 15 is 0 Å². The zero-order chi connectivity index (χ0) is 21.7. The lowest BCUT2D eigenvalue weighted by Crippen LogP contribution is -2.36. The van der Waals surface area contributed by atoms with Crippen molar-refractivity contribution in [1.82, 2.24) is 9.88 Å². The molecule has 0 saturated carbocycles. The van der Waals surface area contributed by atoms with Crippen molar-refractivity contribution in [2.75, 3.05) is 37.8 Å². The largest absolute Gasteiger partial charge is 0.308 e. The molecular weight excluding hydrogens is 420 g/mol. The molecule has 3 rings (SSSR count). The van der Waals surface area contributed by atoms with Crippen LogP contribution < -0.4 is 4.90 Å². The molecule has 158 valence electrons. The lowest BCUT2D eigenvalue weighted by atomic mass is 10.2. The van der Waals surface area contributed by atoms with Gasteiger partial charge in [0.05, 0.1) is 15.1 Å². The monoisotopic (exact) mass is 444 g/mol. The van der Waals surface area contributed by atoms with Crippen LogP contribution in [0.1, 0.15) is 12.0 Å². The smallest absolute Gasteiger partial charge is 0.270 e. The summed E-state index contributed by atoms with van der Waals surface area (Å²) in [6.45, 7) is 3.27. The zero-order valence-electron chi connectivity index (χ0n) is 17.2. The Balaban J connectivity index is 1.74. The summed E-state index contributed by atoms with van der Waals surface area (Å²) in [5, 5.41) is 11.6. The van der Waals surface area contributed by atoms with Crippen molar-refractivity contribution in [1.29, 1.82) is 0 Å². The number of thiazole rings is 1. The highest BCUT2D eigenvalue weighted by Gasteiger charge is 2.20.